The van der Waals surface area contributed by atoms with Crippen LogP contribution in [0.1, 0.15) is 33.9 Å². The number of carbonyl (C=O) groups is 1. The van der Waals surface area contributed by atoms with E-state index in [4.69, 9.17) is 0 Å². The van der Waals surface area contributed by atoms with Crippen LogP contribution in [0.15, 0.2) is 29.6 Å². The minimum Gasteiger partial charge on any atom is -0.396 e. The lowest BCUT2D eigenvalue weighted by molar-refractivity contribution is 0.0930. The number of carbonyl (C=O) groups excluding carboxylic acids is 1. The summed E-state index contributed by atoms with van der Waals surface area (Å²) in [5.41, 5.74) is 0.799. The van der Waals surface area contributed by atoms with E-state index in [0.29, 0.717) is 29.2 Å². The third kappa shape index (κ3) is 3.34. The second kappa shape index (κ2) is 6.14. The van der Waals surface area contributed by atoms with Crippen LogP contribution in [-0.2, 0) is 6.42 Å². The molecular weight excluding hydrogens is 303 g/mol. The number of amides is 1. The first-order chi connectivity index (χ1) is 10.6. The van der Waals surface area contributed by atoms with Gasteiger partial charge < -0.3 is 10.4 Å². The molecule has 1 amide bonds. The number of aromatic nitrogens is 1. The molecule has 0 aliphatic heterocycles. The number of hydrogen-bond donors (Lipinski definition) is 2. The van der Waals surface area contributed by atoms with Gasteiger partial charge in [-0.15, -0.1) is 11.3 Å². The second-order valence-corrected chi connectivity index (χ2v) is 6.68. The van der Waals surface area contributed by atoms with Crippen LogP contribution < -0.4 is 5.32 Å². The zero-order valence-corrected chi connectivity index (χ0v) is 12.8. The van der Waals surface area contributed by atoms with Crippen LogP contribution in [0.2, 0.25) is 0 Å². The van der Waals surface area contributed by atoms with Crippen molar-refractivity contribution in [1.29, 1.82) is 0 Å². The molecule has 0 bridgehead atoms. The van der Waals surface area contributed by atoms with Gasteiger partial charge in [-0.05, 0) is 24.5 Å². The summed E-state index contributed by atoms with van der Waals surface area (Å²) >= 11 is 1.35. The molecule has 2 aromatic rings. The number of aliphatic hydroxyl groups excluding tert-OH is 1. The second-order valence-electron chi connectivity index (χ2n) is 5.74. The number of hydrogen-bond acceptors (Lipinski definition) is 4. The van der Waals surface area contributed by atoms with E-state index in [0.717, 1.165) is 12.8 Å². The van der Waals surface area contributed by atoms with Crippen LogP contribution >= 0.6 is 11.3 Å². The number of halogens is 1. The van der Waals surface area contributed by atoms with Crippen molar-refractivity contribution in [1.82, 2.24) is 10.3 Å². The lowest BCUT2D eigenvalue weighted by atomic mass is 10.1. The molecule has 0 atom stereocenters. The molecule has 0 unspecified atom stereocenters. The van der Waals surface area contributed by atoms with Gasteiger partial charge in [0.05, 0.1) is 11.6 Å². The van der Waals surface area contributed by atoms with Gasteiger partial charge >= 0.3 is 0 Å². The predicted octanol–water partition coefficient (Wildman–Crippen LogP) is 2.38. The Morgan fingerprint density at radius 3 is 2.86 bits per heavy atom. The highest BCUT2D eigenvalue weighted by Crippen LogP contribution is 2.44. The largest absolute Gasteiger partial charge is 0.396 e. The van der Waals surface area contributed by atoms with Crippen molar-refractivity contribution in [2.24, 2.45) is 5.41 Å². The molecule has 0 spiro atoms. The van der Waals surface area contributed by atoms with Gasteiger partial charge in [0.15, 0.2) is 0 Å². The summed E-state index contributed by atoms with van der Waals surface area (Å²) in [5, 5.41) is 14.4. The zero-order chi connectivity index (χ0) is 15.6. The van der Waals surface area contributed by atoms with E-state index in [9.17, 15) is 14.3 Å². The van der Waals surface area contributed by atoms with Crippen LogP contribution in [0.4, 0.5) is 4.39 Å². The molecule has 0 radical (unpaired) electrons. The Balaban J connectivity index is 1.61. The summed E-state index contributed by atoms with van der Waals surface area (Å²) in [5.74, 6) is -0.502. The van der Waals surface area contributed by atoms with E-state index in [1.165, 1.54) is 17.4 Å². The number of rotatable bonds is 6. The molecule has 1 aliphatic rings. The molecule has 3 rings (SSSR count). The van der Waals surface area contributed by atoms with E-state index < -0.39 is 0 Å². The Kier molecular flexibility index (Phi) is 4.22. The van der Waals surface area contributed by atoms with Crippen LogP contribution in [-0.4, -0.2) is 29.1 Å². The monoisotopic (exact) mass is 320 g/mol. The molecule has 4 nitrogen and oxygen atoms in total. The molecule has 1 aromatic carbocycles. The number of nitrogens with one attached hydrogen (secondary N) is 1. The van der Waals surface area contributed by atoms with Crippen LogP contribution in [0, 0.1) is 11.2 Å². The fourth-order valence-electron chi connectivity index (χ4n) is 2.23. The SMILES string of the molecule is O=C(NCC1(CO)CC1)c1csc(Cc2ccccc2F)n1. The third-order valence-corrected chi connectivity index (χ3v) is 4.85. The first-order valence-electron chi connectivity index (χ1n) is 7.19. The Morgan fingerprint density at radius 2 is 2.18 bits per heavy atom. The summed E-state index contributed by atoms with van der Waals surface area (Å²) in [4.78, 5) is 16.3. The van der Waals surface area contributed by atoms with Crippen molar-refractivity contribution in [2.75, 3.05) is 13.2 Å². The molecular formula is C16H17FN2O2S. The Bertz CT molecular complexity index is 682. The van der Waals surface area contributed by atoms with Crippen molar-refractivity contribution >= 4 is 17.2 Å². The smallest absolute Gasteiger partial charge is 0.270 e. The molecule has 1 fully saturated rings. The lowest BCUT2D eigenvalue weighted by Crippen LogP contribution is -2.32. The van der Waals surface area contributed by atoms with Gasteiger partial charge in [0, 0.05) is 23.8 Å². The van der Waals surface area contributed by atoms with Gasteiger partial charge in [0.25, 0.3) is 5.91 Å². The van der Waals surface area contributed by atoms with Crippen LogP contribution in [0.3, 0.4) is 0 Å². The molecule has 116 valence electrons. The van der Waals surface area contributed by atoms with Gasteiger partial charge in [-0.25, -0.2) is 9.37 Å². The highest BCUT2D eigenvalue weighted by molar-refractivity contribution is 7.09. The van der Waals surface area contributed by atoms with Crippen molar-refractivity contribution in [3.05, 3.63) is 51.7 Å². The number of benzene rings is 1. The van der Waals surface area contributed by atoms with Crippen molar-refractivity contribution in [3.8, 4) is 0 Å². The Morgan fingerprint density at radius 1 is 1.41 bits per heavy atom. The molecule has 22 heavy (non-hydrogen) atoms. The minimum atomic E-state index is -0.262. The topological polar surface area (TPSA) is 62.2 Å². The first kappa shape index (κ1) is 15.1. The van der Waals surface area contributed by atoms with Crippen molar-refractivity contribution < 1.29 is 14.3 Å². The van der Waals surface area contributed by atoms with E-state index >= 15 is 0 Å². The fourth-order valence-corrected chi connectivity index (χ4v) is 3.02. The Hall–Kier alpha value is -1.79. The molecule has 1 aromatic heterocycles. The van der Waals surface area contributed by atoms with Gasteiger partial charge in [0.1, 0.15) is 11.5 Å². The van der Waals surface area contributed by atoms with E-state index in [-0.39, 0.29) is 23.7 Å². The molecule has 6 heteroatoms. The maximum atomic E-state index is 13.6. The summed E-state index contributed by atoms with van der Waals surface area (Å²) in [6.07, 6.45) is 2.27. The van der Waals surface area contributed by atoms with Crippen molar-refractivity contribution in [2.45, 2.75) is 19.3 Å². The molecule has 0 saturated heterocycles. The summed E-state index contributed by atoms with van der Waals surface area (Å²) in [7, 11) is 0. The number of thiazole rings is 1. The molecule has 1 saturated carbocycles. The molecule has 1 heterocycles. The zero-order valence-electron chi connectivity index (χ0n) is 12.0. The van der Waals surface area contributed by atoms with E-state index in [1.807, 2.05) is 0 Å². The highest BCUT2D eigenvalue weighted by Gasteiger charge is 2.42. The van der Waals surface area contributed by atoms with Gasteiger partial charge in [-0.1, -0.05) is 18.2 Å². The van der Waals surface area contributed by atoms with Crippen molar-refractivity contribution in [3.63, 3.8) is 0 Å². The Labute approximate surface area is 132 Å². The minimum absolute atomic E-state index is 0.100. The van der Waals surface area contributed by atoms with Gasteiger partial charge in [-0.2, -0.15) is 0 Å². The molecule has 2 N–H and O–H groups in total. The average molecular weight is 320 g/mol. The third-order valence-electron chi connectivity index (χ3n) is 4.00. The maximum Gasteiger partial charge on any atom is 0.270 e. The normalized spacial score (nSPS) is 15.5. The fraction of sp³-hybridized carbons (Fsp3) is 0.375. The standard InChI is InChI=1S/C16H17FN2O2S/c17-12-4-2-1-3-11(12)7-14-19-13(8-22-14)15(21)18-9-16(10-20)5-6-16/h1-4,8,20H,5-7,9-10H2,(H,18,21). The summed E-state index contributed by atoms with van der Waals surface area (Å²) in [6, 6.07) is 6.56. The maximum absolute atomic E-state index is 13.6. The van der Waals surface area contributed by atoms with Gasteiger partial charge in [-0.3, -0.25) is 4.79 Å². The number of nitrogens with zero attached hydrogens (tertiary/aromatic N) is 1. The number of aliphatic hydroxyl groups is 1. The predicted molar refractivity (Wildman–Crippen MR) is 82.4 cm³/mol. The first-order valence-corrected chi connectivity index (χ1v) is 8.07. The summed E-state index contributed by atoms with van der Waals surface area (Å²) < 4.78 is 13.6. The van der Waals surface area contributed by atoms with E-state index in [2.05, 4.69) is 10.3 Å². The lowest BCUT2D eigenvalue weighted by Gasteiger charge is -2.11. The summed E-state index contributed by atoms with van der Waals surface area (Å²) in [6.45, 7) is 0.575. The molecule has 1 aliphatic carbocycles. The van der Waals surface area contributed by atoms with Crippen LogP contribution in [0.25, 0.3) is 0 Å². The highest BCUT2D eigenvalue weighted by atomic mass is 32.1. The van der Waals surface area contributed by atoms with Gasteiger partial charge in [0.2, 0.25) is 0 Å². The quantitative estimate of drug-likeness (QED) is 0.859. The van der Waals surface area contributed by atoms with Crippen LogP contribution in [0.5, 0.6) is 0 Å². The van der Waals surface area contributed by atoms with E-state index in [1.54, 1.807) is 23.6 Å². The average Bonchev–Trinajstić information content (AvgIpc) is 3.17.